The van der Waals surface area contributed by atoms with Crippen LogP contribution in [0, 0.1) is 11.8 Å². The topological polar surface area (TPSA) is 27.7 Å². The first-order valence-corrected chi connectivity index (χ1v) is 4.88. The van der Waals surface area contributed by atoms with Gasteiger partial charge in [-0.05, 0) is 12.3 Å². The molecule has 1 saturated heterocycles. The molecule has 1 rings (SSSR count). The smallest absolute Gasteiger partial charge is 0.162 e. The van der Waals surface area contributed by atoms with Crippen LogP contribution in [0.1, 0.15) is 20.3 Å². The van der Waals surface area contributed by atoms with Crippen molar-refractivity contribution in [3.8, 4) is 0 Å². The van der Waals surface area contributed by atoms with Crippen molar-refractivity contribution in [1.29, 1.82) is 0 Å². The second kappa shape index (κ2) is 4.94. The van der Waals surface area contributed by atoms with E-state index in [0.29, 0.717) is 11.8 Å². The maximum atomic E-state index is 5.65. The van der Waals surface area contributed by atoms with Gasteiger partial charge in [0.15, 0.2) is 6.29 Å². The zero-order valence-corrected chi connectivity index (χ0v) is 8.95. The van der Waals surface area contributed by atoms with Crippen LogP contribution in [0.5, 0.6) is 0 Å². The van der Waals surface area contributed by atoms with Gasteiger partial charge in [0.05, 0.1) is 6.10 Å². The number of methoxy groups -OCH3 is 2. The lowest BCUT2D eigenvalue weighted by atomic mass is 9.92. The van der Waals surface area contributed by atoms with E-state index < -0.39 is 0 Å². The molecule has 2 atom stereocenters. The number of rotatable bonds is 4. The SMILES string of the molecule is COC(OC)[C@@H]1CCO[C@H]1C(C)C. The molecule has 0 aromatic rings. The van der Waals surface area contributed by atoms with Crippen molar-refractivity contribution in [2.45, 2.75) is 32.7 Å². The summed E-state index contributed by atoms with van der Waals surface area (Å²) in [5.41, 5.74) is 0. The quantitative estimate of drug-likeness (QED) is 0.628. The van der Waals surface area contributed by atoms with Crippen molar-refractivity contribution < 1.29 is 14.2 Å². The molecule has 0 aromatic heterocycles. The molecule has 0 bridgehead atoms. The fourth-order valence-electron chi connectivity index (χ4n) is 2.05. The summed E-state index contributed by atoms with van der Waals surface area (Å²) in [7, 11) is 3.37. The second-order valence-corrected chi connectivity index (χ2v) is 3.87. The molecule has 0 aliphatic carbocycles. The van der Waals surface area contributed by atoms with Gasteiger partial charge in [-0.2, -0.15) is 0 Å². The summed E-state index contributed by atoms with van der Waals surface area (Å²) in [6.45, 7) is 5.17. The van der Waals surface area contributed by atoms with Gasteiger partial charge in [0.25, 0.3) is 0 Å². The third-order valence-corrected chi connectivity index (χ3v) is 2.65. The fourth-order valence-corrected chi connectivity index (χ4v) is 2.05. The van der Waals surface area contributed by atoms with E-state index in [0.717, 1.165) is 13.0 Å². The Morgan fingerprint density at radius 3 is 2.31 bits per heavy atom. The van der Waals surface area contributed by atoms with E-state index in [9.17, 15) is 0 Å². The molecule has 0 amide bonds. The number of ether oxygens (including phenoxy) is 3. The van der Waals surface area contributed by atoms with Gasteiger partial charge in [-0.1, -0.05) is 13.8 Å². The molecule has 78 valence electrons. The Morgan fingerprint density at radius 1 is 1.23 bits per heavy atom. The second-order valence-electron chi connectivity index (χ2n) is 3.87. The lowest BCUT2D eigenvalue weighted by Crippen LogP contribution is -2.34. The van der Waals surface area contributed by atoms with Crippen LogP contribution in [0.3, 0.4) is 0 Å². The van der Waals surface area contributed by atoms with Gasteiger partial charge in [-0.3, -0.25) is 0 Å². The van der Waals surface area contributed by atoms with Gasteiger partial charge in [-0.25, -0.2) is 0 Å². The number of hydrogen-bond acceptors (Lipinski definition) is 3. The van der Waals surface area contributed by atoms with E-state index in [4.69, 9.17) is 14.2 Å². The van der Waals surface area contributed by atoms with Crippen LogP contribution in [-0.4, -0.2) is 33.2 Å². The highest BCUT2D eigenvalue weighted by Gasteiger charge is 2.36. The highest BCUT2D eigenvalue weighted by atomic mass is 16.7. The van der Waals surface area contributed by atoms with Crippen LogP contribution in [0.4, 0.5) is 0 Å². The molecule has 0 saturated carbocycles. The van der Waals surface area contributed by atoms with Gasteiger partial charge in [0, 0.05) is 26.7 Å². The predicted octanol–water partition coefficient (Wildman–Crippen LogP) is 1.67. The van der Waals surface area contributed by atoms with E-state index in [1.54, 1.807) is 14.2 Å². The van der Waals surface area contributed by atoms with Crippen LogP contribution in [-0.2, 0) is 14.2 Å². The Morgan fingerprint density at radius 2 is 1.85 bits per heavy atom. The van der Waals surface area contributed by atoms with Gasteiger partial charge in [0.1, 0.15) is 0 Å². The van der Waals surface area contributed by atoms with Crippen LogP contribution < -0.4 is 0 Å². The largest absolute Gasteiger partial charge is 0.377 e. The van der Waals surface area contributed by atoms with E-state index in [2.05, 4.69) is 13.8 Å². The molecule has 0 aromatic carbocycles. The third-order valence-electron chi connectivity index (χ3n) is 2.65. The highest BCUT2D eigenvalue weighted by Crippen LogP contribution is 2.30. The summed E-state index contributed by atoms with van der Waals surface area (Å²) in [5, 5.41) is 0. The van der Waals surface area contributed by atoms with Crippen molar-refractivity contribution in [2.24, 2.45) is 11.8 Å². The lowest BCUT2D eigenvalue weighted by molar-refractivity contribution is -0.153. The Kier molecular flexibility index (Phi) is 4.16. The normalized spacial score (nSPS) is 29.1. The molecule has 0 spiro atoms. The zero-order valence-electron chi connectivity index (χ0n) is 8.95. The monoisotopic (exact) mass is 188 g/mol. The average Bonchev–Trinajstić information content (AvgIpc) is 2.55. The summed E-state index contributed by atoms with van der Waals surface area (Å²) in [4.78, 5) is 0. The first-order chi connectivity index (χ1) is 6.20. The molecule has 3 nitrogen and oxygen atoms in total. The molecule has 3 heteroatoms. The minimum atomic E-state index is -0.116. The number of hydrogen-bond donors (Lipinski definition) is 0. The Labute approximate surface area is 80.4 Å². The van der Waals surface area contributed by atoms with E-state index in [-0.39, 0.29) is 12.4 Å². The molecule has 1 heterocycles. The van der Waals surface area contributed by atoms with Gasteiger partial charge in [-0.15, -0.1) is 0 Å². The Bertz CT molecular complexity index is 143. The van der Waals surface area contributed by atoms with Crippen LogP contribution in [0.15, 0.2) is 0 Å². The minimum Gasteiger partial charge on any atom is -0.377 e. The van der Waals surface area contributed by atoms with Crippen LogP contribution >= 0.6 is 0 Å². The summed E-state index contributed by atoms with van der Waals surface area (Å²) < 4.78 is 16.2. The first kappa shape index (κ1) is 11.0. The van der Waals surface area contributed by atoms with E-state index >= 15 is 0 Å². The maximum Gasteiger partial charge on any atom is 0.162 e. The van der Waals surface area contributed by atoms with Gasteiger partial charge < -0.3 is 14.2 Å². The summed E-state index contributed by atoms with van der Waals surface area (Å²) in [5.74, 6) is 0.912. The van der Waals surface area contributed by atoms with Crippen LogP contribution in [0.2, 0.25) is 0 Å². The summed E-state index contributed by atoms with van der Waals surface area (Å²) in [6, 6.07) is 0. The van der Waals surface area contributed by atoms with E-state index in [1.165, 1.54) is 0 Å². The van der Waals surface area contributed by atoms with Crippen molar-refractivity contribution >= 4 is 0 Å². The first-order valence-electron chi connectivity index (χ1n) is 4.88. The molecular weight excluding hydrogens is 168 g/mol. The third kappa shape index (κ3) is 2.42. The summed E-state index contributed by atoms with van der Waals surface area (Å²) >= 11 is 0. The van der Waals surface area contributed by atoms with Gasteiger partial charge >= 0.3 is 0 Å². The molecule has 1 aliphatic rings. The molecule has 13 heavy (non-hydrogen) atoms. The highest BCUT2D eigenvalue weighted by molar-refractivity contribution is 4.81. The van der Waals surface area contributed by atoms with Crippen molar-refractivity contribution in [2.75, 3.05) is 20.8 Å². The fraction of sp³-hybridized carbons (Fsp3) is 1.00. The Balaban J connectivity index is 2.55. The molecule has 1 aliphatic heterocycles. The minimum absolute atomic E-state index is 0.116. The van der Waals surface area contributed by atoms with E-state index in [1.807, 2.05) is 0 Å². The summed E-state index contributed by atoms with van der Waals surface area (Å²) in [6.07, 6.45) is 1.20. The standard InChI is InChI=1S/C10H20O3/c1-7(2)9-8(5-6-13-9)10(11-3)12-4/h7-10H,5-6H2,1-4H3/t8-,9+/m1/s1. The molecule has 0 radical (unpaired) electrons. The maximum absolute atomic E-state index is 5.65. The van der Waals surface area contributed by atoms with Crippen molar-refractivity contribution in [1.82, 2.24) is 0 Å². The van der Waals surface area contributed by atoms with Crippen molar-refractivity contribution in [3.63, 3.8) is 0 Å². The molecule has 1 fully saturated rings. The average molecular weight is 188 g/mol. The molecule has 0 unspecified atom stereocenters. The molecular formula is C10H20O3. The van der Waals surface area contributed by atoms with Crippen LogP contribution in [0.25, 0.3) is 0 Å². The van der Waals surface area contributed by atoms with Gasteiger partial charge in [0.2, 0.25) is 0 Å². The lowest BCUT2D eigenvalue weighted by Gasteiger charge is -2.27. The zero-order chi connectivity index (χ0) is 9.84. The molecule has 0 N–H and O–H groups in total. The van der Waals surface area contributed by atoms with Crippen molar-refractivity contribution in [3.05, 3.63) is 0 Å². The Hall–Kier alpha value is -0.120. The predicted molar refractivity (Wildman–Crippen MR) is 50.5 cm³/mol.